The summed E-state index contributed by atoms with van der Waals surface area (Å²) in [4.78, 5) is 0. The second kappa shape index (κ2) is 8.87. The third-order valence-corrected chi connectivity index (χ3v) is 7.11. The first-order valence-electron chi connectivity index (χ1n) is 9.33. The molecule has 4 rings (SSSR count). The summed E-state index contributed by atoms with van der Waals surface area (Å²) in [6.07, 6.45) is 0.702. The largest absolute Gasteiger partial charge is 0.537 e. The van der Waals surface area contributed by atoms with E-state index in [9.17, 15) is 5.02 Å². The molecule has 150 valence electrons. The van der Waals surface area contributed by atoms with Gasteiger partial charge >= 0.3 is 7.12 Å². The van der Waals surface area contributed by atoms with Gasteiger partial charge in [-0.1, -0.05) is 29.2 Å². The summed E-state index contributed by atoms with van der Waals surface area (Å²) in [6, 6.07) is 4.53. The van der Waals surface area contributed by atoms with Crippen LogP contribution in [0.25, 0.3) is 0 Å². The van der Waals surface area contributed by atoms with Crippen LogP contribution < -0.4 is 25.3 Å². The Labute approximate surface area is 172 Å². The van der Waals surface area contributed by atoms with Gasteiger partial charge in [0.15, 0.2) is 4.34 Å². The molecule has 0 saturated carbocycles. The van der Waals surface area contributed by atoms with Crippen LogP contribution in [-0.2, 0) is 6.42 Å². The van der Waals surface area contributed by atoms with E-state index in [4.69, 9.17) is 9.39 Å². The molecule has 1 aromatic heterocycles. The second-order valence-corrected chi connectivity index (χ2v) is 9.32. The van der Waals surface area contributed by atoms with Gasteiger partial charge in [0.25, 0.3) is 0 Å². The Hall–Kier alpha value is -1.53. The zero-order chi connectivity index (χ0) is 19.5. The number of hydrogen-bond acceptors (Lipinski definition) is 10. The van der Waals surface area contributed by atoms with Gasteiger partial charge in [-0.05, 0) is 25.0 Å². The fourth-order valence-electron chi connectivity index (χ4n) is 3.23. The Morgan fingerprint density at radius 2 is 2.25 bits per heavy atom. The predicted molar refractivity (Wildman–Crippen MR) is 113 cm³/mol. The van der Waals surface area contributed by atoms with Gasteiger partial charge in [-0.3, -0.25) is 0 Å². The maximum Gasteiger partial charge on any atom is 0.537 e. The molecule has 1 aromatic carbocycles. The zero-order valence-corrected chi connectivity index (χ0v) is 17.5. The first kappa shape index (κ1) is 19.8. The topological polar surface area (TPSA) is 101 Å². The maximum atomic E-state index is 10.5. The SMILES string of the molecule is COc1ccc2c(c1C)OB(O)[C@@H](Sc1nnc(NCCNC3CNC3)s1)C2. The predicted octanol–water partition coefficient (Wildman–Crippen LogP) is 0.944. The van der Waals surface area contributed by atoms with Gasteiger partial charge in [-0.2, -0.15) is 0 Å². The highest BCUT2D eigenvalue weighted by Crippen LogP contribution is 2.40. The number of nitrogens with one attached hydrogen (secondary N) is 3. The highest BCUT2D eigenvalue weighted by Gasteiger charge is 2.37. The highest BCUT2D eigenvalue weighted by atomic mass is 32.2. The number of anilines is 1. The molecule has 0 bridgehead atoms. The molecule has 4 N–H and O–H groups in total. The molecule has 0 spiro atoms. The van der Waals surface area contributed by atoms with Gasteiger partial charge in [-0.15, -0.1) is 10.2 Å². The van der Waals surface area contributed by atoms with Crippen molar-refractivity contribution in [1.29, 1.82) is 0 Å². The fraction of sp³-hybridized carbons (Fsp3) is 0.529. The van der Waals surface area contributed by atoms with E-state index in [1.165, 1.54) is 23.1 Å². The van der Waals surface area contributed by atoms with Crippen molar-refractivity contribution in [1.82, 2.24) is 20.8 Å². The highest BCUT2D eigenvalue weighted by molar-refractivity contribution is 8.02. The molecule has 2 aliphatic rings. The Balaban J connectivity index is 1.32. The lowest BCUT2D eigenvalue weighted by Gasteiger charge is -2.28. The van der Waals surface area contributed by atoms with Gasteiger partial charge in [0.1, 0.15) is 11.5 Å². The lowest BCUT2D eigenvalue weighted by Crippen LogP contribution is -2.56. The Bertz CT molecular complexity index is 820. The lowest BCUT2D eigenvalue weighted by molar-refractivity contribution is 0.372. The van der Waals surface area contributed by atoms with Gasteiger partial charge in [-0.25, -0.2) is 0 Å². The van der Waals surface area contributed by atoms with Crippen LogP contribution in [0.1, 0.15) is 11.1 Å². The van der Waals surface area contributed by atoms with Gasteiger partial charge in [0.2, 0.25) is 5.13 Å². The molecular weight excluding hydrogens is 397 g/mol. The van der Waals surface area contributed by atoms with Crippen LogP contribution in [0, 0.1) is 6.92 Å². The quantitative estimate of drug-likeness (QED) is 0.367. The monoisotopic (exact) mass is 421 g/mol. The number of nitrogens with zero attached hydrogens (tertiary/aromatic N) is 2. The molecule has 1 fully saturated rings. The van der Waals surface area contributed by atoms with Crippen molar-refractivity contribution >= 4 is 35.3 Å². The Morgan fingerprint density at radius 3 is 3.00 bits per heavy atom. The third-order valence-electron chi connectivity index (χ3n) is 4.91. The van der Waals surface area contributed by atoms with Crippen molar-refractivity contribution in [3.63, 3.8) is 0 Å². The summed E-state index contributed by atoms with van der Waals surface area (Å²) >= 11 is 3.01. The van der Waals surface area contributed by atoms with Crippen LogP contribution in [0.2, 0.25) is 0 Å². The Morgan fingerprint density at radius 1 is 1.39 bits per heavy atom. The lowest BCUT2D eigenvalue weighted by atomic mass is 9.77. The number of aromatic nitrogens is 2. The molecule has 3 heterocycles. The van der Waals surface area contributed by atoms with E-state index in [1.54, 1.807) is 7.11 Å². The average molecular weight is 421 g/mol. The number of fused-ring (bicyclic) bond motifs is 1. The minimum atomic E-state index is -0.899. The molecule has 0 aliphatic carbocycles. The van der Waals surface area contributed by atoms with Crippen LogP contribution in [0.5, 0.6) is 11.5 Å². The van der Waals surface area contributed by atoms with Crippen LogP contribution in [0.4, 0.5) is 5.13 Å². The van der Waals surface area contributed by atoms with E-state index in [1.807, 2.05) is 19.1 Å². The molecule has 2 aliphatic heterocycles. The molecule has 0 amide bonds. The van der Waals surface area contributed by atoms with Crippen LogP contribution >= 0.6 is 23.1 Å². The number of methoxy groups -OCH3 is 1. The number of hydrogen-bond donors (Lipinski definition) is 4. The van der Waals surface area contributed by atoms with E-state index in [-0.39, 0.29) is 5.15 Å². The third kappa shape index (κ3) is 4.38. The summed E-state index contributed by atoms with van der Waals surface area (Å²) in [5.74, 6) is 1.48. The van der Waals surface area contributed by atoms with Crippen LogP contribution in [0.3, 0.4) is 0 Å². The fourth-order valence-corrected chi connectivity index (χ4v) is 5.31. The van der Waals surface area contributed by atoms with Crippen molar-refractivity contribution in [3.05, 3.63) is 23.3 Å². The molecule has 8 nitrogen and oxygen atoms in total. The summed E-state index contributed by atoms with van der Waals surface area (Å²) in [5, 5.41) is 29.6. The van der Waals surface area contributed by atoms with Gasteiger partial charge in [0.05, 0.1) is 12.3 Å². The van der Waals surface area contributed by atoms with Gasteiger partial charge < -0.3 is 30.4 Å². The van der Waals surface area contributed by atoms with Crippen molar-refractivity contribution in [2.45, 2.75) is 28.9 Å². The standard InChI is InChI=1S/C17H24BN5O3S2/c1-10-13(25-2)4-3-11-7-14(18(24)26-15(10)11)27-17-23-22-16(28-17)21-6-5-20-12-8-19-9-12/h3-4,12,14,19-20,24H,5-9H2,1-2H3,(H,21,22)/t14-/m0/s1. The molecular formula is C17H24BN5O3S2. The van der Waals surface area contributed by atoms with Crippen molar-refractivity contribution < 1.29 is 14.4 Å². The summed E-state index contributed by atoms with van der Waals surface area (Å²) in [7, 11) is 0.734. The number of rotatable bonds is 8. The first-order valence-corrected chi connectivity index (χ1v) is 11.0. The second-order valence-electron chi connectivity index (χ2n) is 6.86. The van der Waals surface area contributed by atoms with E-state index in [2.05, 4.69) is 26.1 Å². The number of ether oxygens (including phenoxy) is 1. The summed E-state index contributed by atoms with van der Waals surface area (Å²) < 4.78 is 12.0. The normalized spacial score (nSPS) is 19.0. The number of thioether (sulfide) groups is 1. The minimum absolute atomic E-state index is 0.131. The molecule has 2 aromatic rings. The van der Waals surface area contributed by atoms with Crippen LogP contribution in [-0.4, -0.2) is 66.8 Å². The molecule has 0 radical (unpaired) electrons. The summed E-state index contributed by atoms with van der Waals surface area (Å²) in [6.45, 7) is 5.72. The average Bonchev–Trinajstić information content (AvgIpc) is 3.09. The molecule has 0 unspecified atom stereocenters. The van der Waals surface area contributed by atoms with E-state index >= 15 is 0 Å². The van der Waals surface area contributed by atoms with E-state index < -0.39 is 7.12 Å². The van der Waals surface area contributed by atoms with Gasteiger partial charge in [0, 0.05) is 37.8 Å². The van der Waals surface area contributed by atoms with E-state index in [0.29, 0.717) is 12.5 Å². The maximum absolute atomic E-state index is 10.5. The van der Waals surface area contributed by atoms with Crippen LogP contribution in [0.15, 0.2) is 16.5 Å². The minimum Gasteiger partial charge on any atom is -0.535 e. The van der Waals surface area contributed by atoms with E-state index in [0.717, 1.165) is 58.3 Å². The molecule has 1 saturated heterocycles. The zero-order valence-electron chi connectivity index (χ0n) is 15.9. The first-order chi connectivity index (χ1) is 13.6. The molecule has 1 atom stereocenters. The molecule has 28 heavy (non-hydrogen) atoms. The smallest absolute Gasteiger partial charge is 0.535 e. The summed E-state index contributed by atoms with van der Waals surface area (Å²) in [5.41, 5.74) is 1.98. The van der Waals surface area contributed by atoms with Crippen molar-refractivity contribution in [2.24, 2.45) is 0 Å². The number of benzene rings is 1. The van der Waals surface area contributed by atoms with Crippen molar-refractivity contribution in [3.8, 4) is 11.5 Å². The Kier molecular flexibility index (Phi) is 6.27. The van der Waals surface area contributed by atoms with Crippen molar-refractivity contribution in [2.75, 3.05) is 38.6 Å². The molecule has 11 heteroatoms.